The van der Waals surface area contributed by atoms with Gasteiger partial charge in [-0.2, -0.15) is 0 Å². The van der Waals surface area contributed by atoms with Crippen LogP contribution < -0.4 is 10.1 Å². The molecule has 0 fully saturated rings. The van der Waals surface area contributed by atoms with E-state index in [2.05, 4.69) is 10.3 Å². The summed E-state index contributed by atoms with van der Waals surface area (Å²) in [5.74, 6) is 1.04. The maximum absolute atomic E-state index is 11.6. The van der Waals surface area contributed by atoms with E-state index in [1.807, 2.05) is 18.2 Å². The molecule has 2 aromatic rings. The van der Waals surface area contributed by atoms with E-state index in [4.69, 9.17) is 16.3 Å². The molecule has 1 N–H and O–H groups in total. The number of amides is 1. The number of nitrogens with zero attached hydrogens (tertiary/aromatic N) is 1. The van der Waals surface area contributed by atoms with Crippen LogP contribution in [0.25, 0.3) is 0 Å². The number of aromatic nitrogens is 1. The van der Waals surface area contributed by atoms with Crippen LogP contribution in [-0.2, 0) is 4.79 Å². The minimum absolute atomic E-state index is 0.0367. The first kappa shape index (κ1) is 15.7. The highest BCUT2D eigenvalue weighted by Crippen LogP contribution is 2.15. The zero-order valence-corrected chi connectivity index (χ0v) is 12.9. The number of benzene rings is 1. The molecule has 1 heterocycles. The molecule has 1 amide bonds. The summed E-state index contributed by atoms with van der Waals surface area (Å²) >= 11 is 7.19. The van der Waals surface area contributed by atoms with Gasteiger partial charge < -0.3 is 10.1 Å². The minimum Gasteiger partial charge on any atom is -0.492 e. The molecule has 21 heavy (non-hydrogen) atoms. The summed E-state index contributed by atoms with van der Waals surface area (Å²) in [6.45, 7) is 0.881. The van der Waals surface area contributed by atoms with E-state index < -0.39 is 0 Å². The molecule has 0 aliphatic heterocycles. The summed E-state index contributed by atoms with van der Waals surface area (Å²) in [7, 11) is 0. The molecule has 0 saturated heterocycles. The second-order valence-electron chi connectivity index (χ2n) is 4.11. The first-order chi connectivity index (χ1) is 10.2. The summed E-state index contributed by atoms with van der Waals surface area (Å²) in [4.78, 5) is 15.8. The van der Waals surface area contributed by atoms with Gasteiger partial charge in [-0.05, 0) is 36.4 Å². The van der Waals surface area contributed by atoms with Gasteiger partial charge >= 0.3 is 0 Å². The Labute approximate surface area is 132 Å². The third-order valence-corrected chi connectivity index (χ3v) is 3.69. The monoisotopic (exact) mass is 322 g/mol. The lowest BCUT2D eigenvalue weighted by Crippen LogP contribution is -2.29. The van der Waals surface area contributed by atoms with Gasteiger partial charge in [-0.3, -0.25) is 4.79 Å². The summed E-state index contributed by atoms with van der Waals surface area (Å²) in [5, 5.41) is 4.30. The van der Waals surface area contributed by atoms with E-state index in [1.54, 1.807) is 30.5 Å². The molecule has 0 aliphatic carbocycles. The molecule has 2 rings (SSSR count). The number of hydrogen-bond acceptors (Lipinski definition) is 4. The van der Waals surface area contributed by atoms with Crippen LogP contribution in [0.1, 0.15) is 0 Å². The molecular formula is C15H15ClN2O2S. The van der Waals surface area contributed by atoms with Crippen molar-refractivity contribution >= 4 is 29.3 Å². The van der Waals surface area contributed by atoms with Gasteiger partial charge in [0.2, 0.25) is 5.91 Å². The minimum atomic E-state index is -0.0367. The molecule has 6 heteroatoms. The fourth-order valence-electron chi connectivity index (χ4n) is 1.51. The van der Waals surface area contributed by atoms with Crippen molar-refractivity contribution < 1.29 is 9.53 Å². The van der Waals surface area contributed by atoms with Crippen LogP contribution in [-0.4, -0.2) is 29.8 Å². The van der Waals surface area contributed by atoms with Crippen molar-refractivity contribution in [3.05, 3.63) is 53.7 Å². The number of rotatable bonds is 7. The van der Waals surface area contributed by atoms with Gasteiger partial charge in [0.1, 0.15) is 12.4 Å². The molecular weight excluding hydrogens is 308 g/mol. The van der Waals surface area contributed by atoms with Crippen molar-refractivity contribution in [3.8, 4) is 5.75 Å². The lowest BCUT2D eigenvalue weighted by atomic mass is 10.3. The number of nitrogens with one attached hydrogen (secondary N) is 1. The Morgan fingerprint density at radius 2 is 2.05 bits per heavy atom. The highest BCUT2D eigenvalue weighted by Gasteiger charge is 2.03. The SMILES string of the molecule is O=C(CSc1ccccn1)NCCOc1ccc(Cl)cc1. The lowest BCUT2D eigenvalue weighted by Gasteiger charge is -2.07. The average molecular weight is 323 g/mol. The molecule has 1 aromatic carbocycles. The van der Waals surface area contributed by atoms with Crippen LogP contribution in [0.3, 0.4) is 0 Å². The Morgan fingerprint density at radius 1 is 1.24 bits per heavy atom. The zero-order chi connectivity index (χ0) is 14.9. The molecule has 110 valence electrons. The highest BCUT2D eigenvalue weighted by atomic mass is 35.5. The standard InChI is InChI=1S/C15H15ClN2O2S/c16-12-4-6-13(7-5-12)20-10-9-17-14(19)11-21-15-3-1-2-8-18-15/h1-8H,9-11H2,(H,17,19). The average Bonchev–Trinajstić information content (AvgIpc) is 2.52. The maximum atomic E-state index is 11.6. The van der Waals surface area contributed by atoms with Gasteiger partial charge in [0, 0.05) is 11.2 Å². The van der Waals surface area contributed by atoms with E-state index in [0.29, 0.717) is 23.9 Å². The van der Waals surface area contributed by atoms with Crippen molar-refractivity contribution in [2.75, 3.05) is 18.9 Å². The van der Waals surface area contributed by atoms with E-state index >= 15 is 0 Å². The largest absolute Gasteiger partial charge is 0.492 e. The number of carbonyl (C=O) groups is 1. The molecule has 1 aromatic heterocycles. The third kappa shape index (κ3) is 6.06. The zero-order valence-electron chi connectivity index (χ0n) is 11.3. The smallest absolute Gasteiger partial charge is 0.230 e. The number of ether oxygens (including phenoxy) is 1. The number of carbonyl (C=O) groups excluding carboxylic acids is 1. The van der Waals surface area contributed by atoms with E-state index in [0.717, 1.165) is 10.8 Å². The summed E-state index contributed by atoms with van der Waals surface area (Å²) in [6.07, 6.45) is 1.71. The summed E-state index contributed by atoms with van der Waals surface area (Å²) < 4.78 is 5.48. The number of hydrogen-bond donors (Lipinski definition) is 1. The normalized spacial score (nSPS) is 10.1. The van der Waals surface area contributed by atoms with Crippen molar-refractivity contribution in [2.24, 2.45) is 0 Å². The molecule has 0 bridgehead atoms. The predicted octanol–water partition coefficient (Wildman–Crippen LogP) is 3.02. The van der Waals surface area contributed by atoms with Crippen LogP contribution in [0.15, 0.2) is 53.7 Å². The van der Waals surface area contributed by atoms with Crippen LogP contribution >= 0.6 is 23.4 Å². The topological polar surface area (TPSA) is 51.2 Å². The van der Waals surface area contributed by atoms with Gasteiger partial charge in [-0.25, -0.2) is 4.98 Å². The van der Waals surface area contributed by atoms with Crippen LogP contribution in [0, 0.1) is 0 Å². The van der Waals surface area contributed by atoms with E-state index in [-0.39, 0.29) is 5.91 Å². The quantitative estimate of drug-likeness (QED) is 0.629. The molecule has 0 aliphatic rings. The second-order valence-corrected chi connectivity index (χ2v) is 5.54. The van der Waals surface area contributed by atoms with E-state index in [9.17, 15) is 4.79 Å². The van der Waals surface area contributed by atoms with Gasteiger partial charge in [0.25, 0.3) is 0 Å². The fraction of sp³-hybridized carbons (Fsp3) is 0.200. The summed E-state index contributed by atoms with van der Waals surface area (Å²) in [5.41, 5.74) is 0. The predicted molar refractivity (Wildman–Crippen MR) is 84.9 cm³/mol. The Balaban J connectivity index is 1.60. The van der Waals surface area contributed by atoms with Crippen LogP contribution in [0.5, 0.6) is 5.75 Å². The van der Waals surface area contributed by atoms with Gasteiger partial charge in [0.05, 0.1) is 17.3 Å². The highest BCUT2D eigenvalue weighted by molar-refractivity contribution is 7.99. The maximum Gasteiger partial charge on any atom is 0.230 e. The van der Waals surface area contributed by atoms with Crippen molar-refractivity contribution in [1.82, 2.24) is 10.3 Å². The molecule has 0 spiro atoms. The van der Waals surface area contributed by atoms with Gasteiger partial charge in [-0.15, -0.1) is 0 Å². The van der Waals surface area contributed by atoms with Gasteiger partial charge in [0.15, 0.2) is 0 Å². The molecule has 0 unspecified atom stereocenters. The first-order valence-electron chi connectivity index (χ1n) is 6.43. The number of thioether (sulfide) groups is 1. The molecule has 0 saturated carbocycles. The summed E-state index contributed by atoms with van der Waals surface area (Å²) in [6, 6.07) is 12.7. The van der Waals surface area contributed by atoms with Crippen molar-refractivity contribution in [1.29, 1.82) is 0 Å². The van der Waals surface area contributed by atoms with E-state index in [1.165, 1.54) is 11.8 Å². The Kier molecular flexibility index (Phi) is 6.37. The molecule has 0 radical (unpaired) electrons. The van der Waals surface area contributed by atoms with Crippen molar-refractivity contribution in [3.63, 3.8) is 0 Å². The van der Waals surface area contributed by atoms with Crippen LogP contribution in [0.2, 0.25) is 5.02 Å². The Morgan fingerprint density at radius 3 is 2.76 bits per heavy atom. The third-order valence-electron chi connectivity index (χ3n) is 2.50. The fourth-order valence-corrected chi connectivity index (χ4v) is 2.33. The molecule has 4 nitrogen and oxygen atoms in total. The lowest BCUT2D eigenvalue weighted by molar-refractivity contribution is -0.118. The van der Waals surface area contributed by atoms with Gasteiger partial charge in [-0.1, -0.05) is 29.4 Å². The Bertz CT molecular complexity index is 564. The number of pyridine rings is 1. The number of halogens is 1. The second kappa shape index (κ2) is 8.54. The van der Waals surface area contributed by atoms with Crippen LogP contribution in [0.4, 0.5) is 0 Å². The first-order valence-corrected chi connectivity index (χ1v) is 7.79. The molecule has 0 atom stereocenters. The van der Waals surface area contributed by atoms with Crippen molar-refractivity contribution in [2.45, 2.75) is 5.03 Å². The Hall–Kier alpha value is -1.72.